The number of halogens is 1. The van der Waals surface area contributed by atoms with Gasteiger partial charge in [0.15, 0.2) is 5.96 Å². The van der Waals surface area contributed by atoms with E-state index in [1.54, 1.807) is 7.11 Å². The fourth-order valence-electron chi connectivity index (χ4n) is 1.07. The molecule has 1 aromatic carbocycles. The number of ether oxygens (including phenoxy) is 1. The van der Waals surface area contributed by atoms with Gasteiger partial charge in [-0.05, 0) is 17.7 Å². The van der Waals surface area contributed by atoms with E-state index in [4.69, 9.17) is 21.9 Å². The van der Waals surface area contributed by atoms with Crippen LogP contribution in [-0.4, -0.2) is 19.0 Å². The normalized spacial score (nSPS) is 10.3. The van der Waals surface area contributed by atoms with Crippen molar-refractivity contribution in [3.05, 3.63) is 29.8 Å². The zero-order valence-electron chi connectivity index (χ0n) is 9.46. The van der Waals surface area contributed by atoms with Gasteiger partial charge in [0.05, 0.1) is 13.7 Å². The minimum Gasteiger partial charge on any atom is -0.497 e. The molecule has 7 heteroatoms. The highest BCUT2D eigenvalue weighted by atomic mass is 35.5. The first-order valence-electron chi connectivity index (χ1n) is 4.64. The van der Waals surface area contributed by atoms with Gasteiger partial charge in [-0.15, -0.1) is 12.4 Å². The van der Waals surface area contributed by atoms with Gasteiger partial charge >= 0.3 is 0 Å². The lowest BCUT2D eigenvalue weighted by molar-refractivity contribution is 0.414. The van der Waals surface area contributed by atoms with Crippen molar-refractivity contribution in [2.24, 2.45) is 27.2 Å². The van der Waals surface area contributed by atoms with E-state index in [2.05, 4.69) is 9.98 Å². The van der Waals surface area contributed by atoms with Crippen LogP contribution in [0, 0.1) is 0 Å². The molecule has 0 unspecified atom stereocenters. The maximum absolute atomic E-state index is 5.46. The molecule has 6 nitrogen and oxygen atoms in total. The summed E-state index contributed by atoms with van der Waals surface area (Å²) in [4.78, 5) is 7.60. The van der Waals surface area contributed by atoms with Gasteiger partial charge in [0.1, 0.15) is 5.75 Å². The quantitative estimate of drug-likeness (QED) is 0.530. The predicted octanol–water partition coefficient (Wildman–Crippen LogP) is 0.205. The van der Waals surface area contributed by atoms with Crippen molar-refractivity contribution >= 4 is 24.3 Å². The number of nitrogens with zero attached hydrogens (tertiary/aromatic N) is 2. The third kappa shape index (κ3) is 5.62. The van der Waals surface area contributed by atoms with Crippen LogP contribution < -0.4 is 21.9 Å². The van der Waals surface area contributed by atoms with Crippen LogP contribution in [0.2, 0.25) is 0 Å². The summed E-state index contributed by atoms with van der Waals surface area (Å²) in [6, 6.07) is 7.49. The zero-order valence-corrected chi connectivity index (χ0v) is 10.3. The van der Waals surface area contributed by atoms with Gasteiger partial charge in [-0.25, -0.2) is 4.99 Å². The second-order valence-corrected chi connectivity index (χ2v) is 3.06. The first-order chi connectivity index (χ1) is 7.61. The Labute approximate surface area is 106 Å². The van der Waals surface area contributed by atoms with Crippen molar-refractivity contribution in [3.8, 4) is 5.75 Å². The molecule has 0 bridgehead atoms. The first kappa shape index (κ1) is 15.0. The highest BCUT2D eigenvalue weighted by Crippen LogP contribution is 2.11. The molecule has 17 heavy (non-hydrogen) atoms. The lowest BCUT2D eigenvalue weighted by Crippen LogP contribution is -2.26. The Balaban J connectivity index is 0.00000256. The summed E-state index contributed by atoms with van der Waals surface area (Å²) >= 11 is 0. The summed E-state index contributed by atoms with van der Waals surface area (Å²) in [5, 5.41) is 0. The number of methoxy groups -OCH3 is 1. The molecule has 0 aliphatic carbocycles. The molecule has 6 N–H and O–H groups in total. The van der Waals surface area contributed by atoms with Crippen LogP contribution in [0.5, 0.6) is 5.75 Å². The summed E-state index contributed by atoms with van der Waals surface area (Å²) in [6.07, 6.45) is 0. The van der Waals surface area contributed by atoms with Gasteiger partial charge < -0.3 is 21.9 Å². The Morgan fingerprint density at radius 3 is 2.24 bits per heavy atom. The van der Waals surface area contributed by atoms with Gasteiger partial charge in [0.2, 0.25) is 5.96 Å². The van der Waals surface area contributed by atoms with Crippen LogP contribution in [0.25, 0.3) is 0 Å². The summed E-state index contributed by atoms with van der Waals surface area (Å²) in [7, 11) is 1.61. The monoisotopic (exact) mass is 257 g/mol. The summed E-state index contributed by atoms with van der Waals surface area (Å²) in [5.41, 5.74) is 16.8. The maximum Gasteiger partial charge on any atom is 0.218 e. The summed E-state index contributed by atoms with van der Waals surface area (Å²) in [6.45, 7) is 0.423. The second-order valence-electron chi connectivity index (χ2n) is 3.06. The van der Waals surface area contributed by atoms with E-state index >= 15 is 0 Å². The average Bonchev–Trinajstić information content (AvgIpc) is 2.26. The van der Waals surface area contributed by atoms with Crippen LogP contribution in [0.3, 0.4) is 0 Å². The predicted molar refractivity (Wildman–Crippen MR) is 71.4 cm³/mol. The van der Waals surface area contributed by atoms with Crippen LogP contribution >= 0.6 is 12.4 Å². The first-order valence-corrected chi connectivity index (χ1v) is 4.64. The third-order valence-corrected chi connectivity index (χ3v) is 1.83. The van der Waals surface area contributed by atoms with Gasteiger partial charge in [-0.1, -0.05) is 12.1 Å². The molecule has 0 atom stereocenters. The number of benzene rings is 1. The highest BCUT2D eigenvalue weighted by molar-refractivity contribution is 5.92. The third-order valence-electron chi connectivity index (χ3n) is 1.83. The number of hydrogen-bond donors (Lipinski definition) is 3. The van der Waals surface area contributed by atoms with Crippen molar-refractivity contribution in [2.75, 3.05) is 7.11 Å². The molecule has 0 fully saturated rings. The Morgan fingerprint density at radius 2 is 1.76 bits per heavy atom. The fourth-order valence-corrected chi connectivity index (χ4v) is 1.07. The Hall–Kier alpha value is -1.95. The molecular formula is C10H16ClN5O. The molecule has 0 saturated carbocycles. The van der Waals surface area contributed by atoms with Gasteiger partial charge in [-0.2, -0.15) is 4.99 Å². The van der Waals surface area contributed by atoms with Gasteiger partial charge in [-0.3, -0.25) is 0 Å². The number of guanidine groups is 2. The molecule has 0 heterocycles. The molecule has 0 radical (unpaired) electrons. The molecule has 94 valence electrons. The topological polar surface area (TPSA) is 112 Å². The van der Waals surface area contributed by atoms with Gasteiger partial charge in [0.25, 0.3) is 0 Å². The van der Waals surface area contributed by atoms with Gasteiger partial charge in [0, 0.05) is 0 Å². The van der Waals surface area contributed by atoms with Crippen molar-refractivity contribution in [1.82, 2.24) is 0 Å². The number of hydrogen-bond acceptors (Lipinski definition) is 2. The van der Waals surface area contributed by atoms with Crippen molar-refractivity contribution in [2.45, 2.75) is 6.54 Å². The van der Waals surface area contributed by atoms with Crippen LogP contribution in [-0.2, 0) is 6.54 Å². The second kappa shape index (κ2) is 7.34. The summed E-state index contributed by atoms with van der Waals surface area (Å²) < 4.78 is 5.03. The Kier molecular flexibility index (Phi) is 6.50. The standard InChI is InChI=1S/C10H15N5O.ClH/c1-16-8-4-2-7(3-5-8)6-14-10(13)15-9(11)12;/h2-5H,6H2,1H3,(H6,11,12,13,14,15);1H. The van der Waals surface area contributed by atoms with Crippen LogP contribution in [0.1, 0.15) is 5.56 Å². The van der Waals surface area contributed by atoms with E-state index in [0.717, 1.165) is 11.3 Å². The Morgan fingerprint density at radius 1 is 1.18 bits per heavy atom. The largest absolute Gasteiger partial charge is 0.497 e. The van der Waals surface area contributed by atoms with Crippen molar-refractivity contribution < 1.29 is 4.74 Å². The van der Waals surface area contributed by atoms with Crippen LogP contribution in [0.4, 0.5) is 0 Å². The molecule has 0 aliphatic rings. The highest BCUT2D eigenvalue weighted by Gasteiger charge is 1.94. The van der Waals surface area contributed by atoms with E-state index in [1.807, 2.05) is 24.3 Å². The minimum atomic E-state index is -0.101. The number of nitrogens with two attached hydrogens (primary N) is 3. The molecule has 1 rings (SSSR count). The Bertz CT molecular complexity index is 398. The maximum atomic E-state index is 5.46. The fraction of sp³-hybridized carbons (Fsp3) is 0.200. The molecular weight excluding hydrogens is 242 g/mol. The molecule has 0 aromatic heterocycles. The lowest BCUT2D eigenvalue weighted by Gasteiger charge is -2.00. The number of rotatable bonds is 3. The summed E-state index contributed by atoms with van der Waals surface area (Å²) in [5.74, 6) is 0.761. The minimum absolute atomic E-state index is 0. The number of aliphatic imine (C=N–C) groups is 2. The zero-order chi connectivity index (χ0) is 12.0. The average molecular weight is 258 g/mol. The van der Waals surface area contributed by atoms with E-state index in [1.165, 1.54) is 0 Å². The van der Waals surface area contributed by atoms with Crippen LogP contribution in [0.15, 0.2) is 34.3 Å². The smallest absolute Gasteiger partial charge is 0.218 e. The molecule has 0 amide bonds. The van der Waals surface area contributed by atoms with Crippen molar-refractivity contribution in [1.29, 1.82) is 0 Å². The van der Waals surface area contributed by atoms with E-state index in [-0.39, 0.29) is 24.3 Å². The van der Waals surface area contributed by atoms with E-state index in [9.17, 15) is 0 Å². The molecule has 0 spiro atoms. The SMILES string of the molecule is COc1ccc(CN=C(N)N=C(N)N)cc1.Cl. The molecule has 1 aromatic rings. The van der Waals surface area contributed by atoms with Crippen molar-refractivity contribution in [3.63, 3.8) is 0 Å². The molecule has 0 saturated heterocycles. The lowest BCUT2D eigenvalue weighted by atomic mass is 10.2. The van der Waals surface area contributed by atoms with E-state index in [0.29, 0.717) is 6.54 Å². The molecule has 0 aliphatic heterocycles. The van der Waals surface area contributed by atoms with E-state index < -0.39 is 0 Å².